The fraction of sp³-hybridized carbons (Fsp3) is 0.0870. The first-order valence-electron chi connectivity index (χ1n) is 9.89. The van der Waals surface area contributed by atoms with Crippen LogP contribution in [0.3, 0.4) is 0 Å². The van der Waals surface area contributed by atoms with Gasteiger partial charge in [0.2, 0.25) is 5.88 Å². The number of aromatic nitrogens is 1. The monoisotopic (exact) mass is 464 g/mol. The minimum absolute atomic E-state index is 0.000618. The molecular weight excluding hydrogens is 447 g/mol. The van der Waals surface area contributed by atoms with Crippen LogP contribution in [0.25, 0.3) is 6.08 Å². The number of amides is 3. The summed E-state index contributed by atoms with van der Waals surface area (Å²) in [6.07, 6.45) is 2.56. The zero-order valence-corrected chi connectivity index (χ0v) is 17.7. The molecule has 0 atom stereocenters. The van der Waals surface area contributed by atoms with Crippen LogP contribution < -0.4 is 14.8 Å². The largest absolute Gasteiger partial charge is 0.493 e. The molecule has 2 aromatic carbocycles. The van der Waals surface area contributed by atoms with Crippen molar-refractivity contribution in [3.05, 3.63) is 93.5 Å². The number of nitro groups is 1. The fourth-order valence-corrected chi connectivity index (χ4v) is 3.17. The number of nitrogens with one attached hydrogen (secondary N) is 1. The van der Waals surface area contributed by atoms with Crippen LogP contribution in [0.15, 0.2) is 66.5 Å². The molecule has 2 heterocycles. The Morgan fingerprint density at radius 1 is 1.12 bits per heavy atom. The van der Waals surface area contributed by atoms with Crippen molar-refractivity contribution >= 4 is 23.7 Å². The third-order valence-electron chi connectivity index (χ3n) is 4.86. The van der Waals surface area contributed by atoms with Crippen molar-refractivity contribution in [2.75, 3.05) is 7.11 Å². The van der Waals surface area contributed by atoms with Gasteiger partial charge in [-0.15, -0.1) is 0 Å². The van der Waals surface area contributed by atoms with Crippen LogP contribution in [0.1, 0.15) is 11.1 Å². The molecule has 1 aliphatic rings. The summed E-state index contributed by atoms with van der Waals surface area (Å²) < 4.78 is 24.1. The smallest absolute Gasteiger partial charge is 0.329 e. The Morgan fingerprint density at radius 2 is 1.88 bits per heavy atom. The van der Waals surface area contributed by atoms with Gasteiger partial charge in [-0.2, -0.15) is 0 Å². The van der Waals surface area contributed by atoms with Crippen LogP contribution in [0.5, 0.6) is 17.4 Å². The van der Waals surface area contributed by atoms with Gasteiger partial charge in [0.15, 0.2) is 11.5 Å². The van der Waals surface area contributed by atoms with E-state index < -0.39 is 22.7 Å². The molecule has 1 saturated heterocycles. The van der Waals surface area contributed by atoms with Crippen molar-refractivity contribution in [1.29, 1.82) is 0 Å². The van der Waals surface area contributed by atoms with Crippen LogP contribution in [0.2, 0.25) is 0 Å². The maximum Gasteiger partial charge on any atom is 0.329 e. The van der Waals surface area contributed by atoms with Crippen molar-refractivity contribution in [3.63, 3.8) is 0 Å². The van der Waals surface area contributed by atoms with E-state index >= 15 is 0 Å². The van der Waals surface area contributed by atoms with E-state index in [2.05, 4.69) is 10.3 Å². The molecule has 3 aromatic rings. The Morgan fingerprint density at radius 3 is 2.53 bits per heavy atom. The van der Waals surface area contributed by atoms with Gasteiger partial charge in [0.25, 0.3) is 11.6 Å². The van der Waals surface area contributed by atoms with Gasteiger partial charge in [0.05, 0.1) is 18.6 Å². The maximum absolute atomic E-state index is 13.1. The predicted octanol–water partition coefficient (Wildman–Crippen LogP) is 4.02. The van der Waals surface area contributed by atoms with E-state index in [-0.39, 0.29) is 23.8 Å². The number of carbonyl (C=O) groups is 2. The van der Waals surface area contributed by atoms with Crippen molar-refractivity contribution in [1.82, 2.24) is 15.2 Å². The highest BCUT2D eigenvalue weighted by atomic mass is 19.1. The SMILES string of the molecule is COc1cc(/C=C2\NC(=O)N(Cc3ccc(F)cc3)C2=O)ccc1Oc1ccc([N+](=O)[O-])cn1. The maximum atomic E-state index is 13.1. The number of hydrogen-bond acceptors (Lipinski definition) is 7. The first-order valence-corrected chi connectivity index (χ1v) is 9.89. The van der Waals surface area contributed by atoms with Gasteiger partial charge in [-0.05, 0) is 41.5 Å². The van der Waals surface area contributed by atoms with Gasteiger partial charge in [-0.3, -0.25) is 19.8 Å². The van der Waals surface area contributed by atoms with Crippen molar-refractivity contribution in [3.8, 4) is 17.4 Å². The number of hydrogen-bond donors (Lipinski definition) is 1. The molecule has 1 aliphatic heterocycles. The summed E-state index contributed by atoms with van der Waals surface area (Å²) in [5.41, 5.74) is 1.06. The van der Waals surface area contributed by atoms with Crippen molar-refractivity contribution in [2.24, 2.45) is 0 Å². The highest BCUT2D eigenvalue weighted by Crippen LogP contribution is 2.33. The Kier molecular flexibility index (Phi) is 6.17. The second kappa shape index (κ2) is 9.36. The van der Waals surface area contributed by atoms with Gasteiger partial charge >= 0.3 is 6.03 Å². The Labute approximate surface area is 192 Å². The second-order valence-electron chi connectivity index (χ2n) is 7.13. The minimum Gasteiger partial charge on any atom is -0.493 e. The second-order valence-corrected chi connectivity index (χ2v) is 7.13. The number of benzene rings is 2. The summed E-state index contributed by atoms with van der Waals surface area (Å²) in [7, 11) is 1.43. The number of rotatable bonds is 7. The molecule has 1 aromatic heterocycles. The van der Waals surface area contributed by atoms with Crippen LogP contribution >= 0.6 is 0 Å². The van der Waals surface area contributed by atoms with Crippen molar-refractivity contribution < 1.29 is 28.4 Å². The molecule has 3 amide bonds. The van der Waals surface area contributed by atoms with Crippen LogP contribution in [0, 0.1) is 15.9 Å². The lowest BCUT2D eigenvalue weighted by atomic mass is 10.1. The summed E-state index contributed by atoms with van der Waals surface area (Å²) in [4.78, 5) is 40.1. The quantitative estimate of drug-likeness (QED) is 0.242. The summed E-state index contributed by atoms with van der Waals surface area (Å²) >= 11 is 0. The average Bonchev–Trinajstić information content (AvgIpc) is 3.09. The van der Waals surface area contributed by atoms with E-state index in [1.807, 2.05) is 0 Å². The highest BCUT2D eigenvalue weighted by Gasteiger charge is 2.33. The zero-order valence-electron chi connectivity index (χ0n) is 17.7. The van der Waals surface area contributed by atoms with E-state index in [0.29, 0.717) is 22.6 Å². The number of carbonyl (C=O) groups excluding carboxylic acids is 2. The van der Waals surface area contributed by atoms with Gasteiger partial charge in [-0.1, -0.05) is 18.2 Å². The molecule has 1 N–H and O–H groups in total. The van der Waals surface area contributed by atoms with Gasteiger partial charge in [0, 0.05) is 12.1 Å². The minimum atomic E-state index is -0.586. The molecule has 0 radical (unpaired) electrons. The van der Waals surface area contributed by atoms with E-state index in [9.17, 15) is 24.1 Å². The number of pyridine rings is 1. The first-order chi connectivity index (χ1) is 16.3. The van der Waals surface area contributed by atoms with Gasteiger partial charge < -0.3 is 14.8 Å². The molecule has 4 rings (SSSR count). The number of methoxy groups -OCH3 is 1. The van der Waals surface area contributed by atoms with Crippen LogP contribution in [-0.2, 0) is 11.3 Å². The summed E-state index contributed by atoms with van der Waals surface area (Å²) in [5, 5.41) is 13.3. The van der Waals surface area contributed by atoms with Crippen LogP contribution in [-0.4, -0.2) is 33.9 Å². The Bertz CT molecular complexity index is 1290. The number of nitrogens with zero attached hydrogens (tertiary/aromatic N) is 3. The van der Waals surface area contributed by atoms with Crippen LogP contribution in [0.4, 0.5) is 14.9 Å². The normalized spacial score (nSPS) is 14.3. The lowest BCUT2D eigenvalue weighted by Gasteiger charge is -2.11. The number of ether oxygens (including phenoxy) is 2. The van der Waals surface area contributed by atoms with Gasteiger partial charge in [-0.25, -0.2) is 14.2 Å². The summed E-state index contributed by atoms with van der Waals surface area (Å²) in [5.74, 6) is -0.194. The van der Waals surface area contributed by atoms with Gasteiger partial charge in [0.1, 0.15) is 17.7 Å². The predicted molar refractivity (Wildman–Crippen MR) is 117 cm³/mol. The standard InChI is InChI=1S/C23H17FN4O6/c1-33-20-11-15(4-8-19(20)34-21-9-7-17(12-25-21)28(31)32)10-18-22(29)27(23(30)26-18)13-14-2-5-16(24)6-3-14/h2-12H,13H2,1H3,(H,26,30)/b18-10-. The molecule has 0 spiro atoms. The third-order valence-corrected chi connectivity index (χ3v) is 4.86. The topological polar surface area (TPSA) is 124 Å². The fourth-order valence-electron chi connectivity index (χ4n) is 3.17. The Hall–Kier alpha value is -4.80. The third kappa shape index (κ3) is 4.83. The summed E-state index contributed by atoms with van der Waals surface area (Å²) in [6, 6.07) is 12.4. The number of urea groups is 1. The lowest BCUT2D eigenvalue weighted by Crippen LogP contribution is -2.30. The van der Waals surface area contributed by atoms with E-state index in [1.165, 1.54) is 49.6 Å². The molecule has 0 bridgehead atoms. The highest BCUT2D eigenvalue weighted by molar-refractivity contribution is 6.13. The molecule has 1 fully saturated rings. The summed E-state index contributed by atoms with van der Waals surface area (Å²) in [6.45, 7) is 0.000618. The molecule has 34 heavy (non-hydrogen) atoms. The van der Waals surface area contributed by atoms with E-state index in [1.54, 1.807) is 18.2 Å². The Balaban J connectivity index is 1.51. The average molecular weight is 464 g/mol. The number of halogens is 1. The molecule has 0 saturated carbocycles. The first kappa shape index (κ1) is 22.4. The molecular formula is C23H17FN4O6. The molecule has 172 valence electrons. The lowest BCUT2D eigenvalue weighted by molar-refractivity contribution is -0.385. The number of imide groups is 1. The molecule has 0 unspecified atom stereocenters. The van der Waals surface area contributed by atoms with E-state index in [4.69, 9.17) is 9.47 Å². The molecule has 10 nitrogen and oxygen atoms in total. The molecule has 0 aliphatic carbocycles. The van der Waals surface area contributed by atoms with E-state index in [0.717, 1.165) is 11.1 Å². The van der Waals surface area contributed by atoms with Crippen molar-refractivity contribution in [2.45, 2.75) is 6.54 Å². The zero-order chi connectivity index (χ0) is 24.2. The molecule has 11 heteroatoms.